The summed E-state index contributed by atoms with van der Waals surface area (Å²) in [4.78, 5) is 38.7. The fourth-order valence-corrected chi connectivity index (χ4v) is 2.72. The maximum absolute atomic E-state index is 12.2. The highest BCUT2D eigenvalue weighted by molar-refractivity contribution is 8.18. The Balaban J connectivity index is 2.18. The number of ether oxygens (including phenoxy) is 1. The first-order valence-corrected chi connectivity index (χ1v) is 7.32. The Labute approximate surface area is 132 Å². The van der Waals surface area contributed by atoms with E-state index in [0.29, 0.717) is 10.5 Å². The zero-order valence-electron chi connectivity index (χ0n) is 12.5. The summed E-state index contributed by atoms with van der Waals surface area (Å²) in [5, 5.41) is -0.281. The van der Waals surface area contributed by atoms with Crippen LogP contribution in [0.15, 0.2) is 29.2 Å². The molecule has 7 heteroatoms. The Morgan fingerprint density at radius 3 is 2.45 bits per heavy atom. The van der Waals surface area contributed by atoms with Crippen molar-refractivity contribution in [1.82, 2.24) is 9.80 Å². The number of methoxy groups -OCH3 is 1. The van der Waals surface area contributed by atoms with E-state index < -0.39 is 5.97 Å². The van der Waals surface area contributed by atoms with Crippen LogP contribution in [0.25, 0.3) is 6.08 Å². The maximum Gasteiger partial charge on any atom is 0.337 e. The van der Waals surface area contributed by atoms with Crippen LogP contribution >= 0.6 is 11.8 Å². The van der Waals surface area contributed by atoms with E-state index in [-0.39, 0.29) is 17.8 Å². The molecule has 1 aliphatic rings. The highest BCUT2D eigenvalue weighted by Crippen LogP contribution is 2.32. The maximum atomic E-state index is 12.2. The van der Waals surface area contributed by atoms with Crippen LogP contribution in [0.2, 0.25) is 0 Å². The third-order valence-electron chi connectivity index (χ3n) is 2.93. The molecule has 1 fully saturated rings. The number of amides is 2. The van der Waals surface area contributed by atoms with E-state index in [1.165, 1.54) is 12.0 Å². The van der Waals surface area contributed by atoms with Crippen molar-refractivity contribution in [2.24, 2.45) is 0 Å². The lowest BCUT2D eigenvalue weighted by molar-refractivity contribution is -0.123. The molecule has 2 amide bonds. The monoisotopic (exact) mass is 320 g/mol. The molecule has 0 bridgehead atoms. The molecular weight excluding hydrogens is 304 g/mol. The van der Waals surface area contributed by atoms with Gasteiger partial charge < -0.3 is 4.74 Å². The Morgan fingerprint density at radius 1 is 1.27 bits per heavy atom. The molecule has 1 aliphatic heterocycles. The van der Waals surface area contributed by atoms with Crippen LogP contribution in [-0.4, -0.2) is 54.8 Å². The Morgan fingerprint density at radius 2 is 1.91 bits per heavy atom. The van der Waals surface area contributed by atoms with E-state index in [0.717, 1.165) is 17.3 Å². The van der Waals surface area contributed by atoms with Crippen molar-refractivity contribution in [2.45, 2.75) is 0 Å². The number of hydrogen-bond acceptors (Lipinski definition) is 6. The fraction of sp³-hybridized carbons (Fsp3) is 0.267. The van der Waals surface area contributed by atoms with E-state index in [1.807, 2.05) is 0 Å². The van der Waals surface area contributed by atoms with E-state index in [4.69, 9.17) is 0 Å². The summed E-state index contributed by atoms with van der Waals surface area (Å²) >= 11 is 0.914. The van der Waals surface area contributed by atoms with Crippen LogP contribution in [-0.2, 0) is 9.53 Å². The molecule has 1 aromatic rings. The minimum Gasteiger partial charge on any atom is -0.465 e. The molecule has 0 atom stereocenters. The largest absolute Gasteiger partial charge is 0.465 e. The highest BCUT2D eigenvalue weighted by atomic mass is 32.2. The molecule has 2 rings (SSSR count). The van der Waals surface area contributed by atoms with Crippen LogP contribution in [0.1, 0.15) is 15.9 Å². The summed E-state index contributed by atoms with van der Waals surface area (Å²) in [5.41, 5.74) is 1.17. The quantitative estimate of drug-likeness (QED) is 0.625. The van der Waals surface area contributed by atoms with Gasteiger partial charge in [0.15, 0.2) is 0 Å². The average Bonchev–Trinajstić information content (AvgIpc) is 2.74. The number of nitrogens with zero attached hydrogens (tertiary/aromatic N) is 2. The van der Waals surface area contributed by atoms with Gasteiger partial charge >= 0.3 is 5.97 Å². The Hall–Kier alpha value is -2.12. The first-order chi connectivity index (χ1) is 10.4. The lowest BCUT2D eigenvalue weighted by Gasteiger charge is -2.17. The number of imide groups is 1. The van der Waals surface area contributed by atoms with Crippen LogP contribution in [0, 0.1) is 0 Å². The molecule has 0 N–H and O–H groups in total. The fourth-order valence-electron chi connectivity index (χ4n) is 1.89. The van der Waals surface area contributed by atoms with Crippen molar-refractivity contribution < 1.29 is 19.1 Å². The summed E-state index contributed by atoms with van der Waals surface area (Å²) in [6, 6.07) is 6.63. The van der Waals surface area contributed by atoms with Crippen molar-refractivity contribution >= 4 is 35.0 Å². The van der Waals surface area contributed by atoms with Crippen molar-refractivity contribution in [3.8, 4) is 0 Å². The van der Waals surface area contributed by atoms with Gasteiger partial charge in [-0.2, -0.15) is 0 Å². The SMILES string of the molecule is COC(=O)c1ccc(C=C2SC(=O)N(CN(C)C)C2=O)cc1. The lowest BCUT2D eigenvalue weighted by atomic mass is 10.1. The van der Waals surface area contributed by atoms with Gasteiger partial charge in [0.1, 0.15) is 0 Å². The minimum atomic E-state index is -0.419. The lowest BCUT2D eigenvalue weighted by Crippen LogP contribution is -2.36. The number of carbonyl (C=O) groups is 3. The van der Waals surface area contributed by atoms with E-state index in [2.05, 4.69) is 4.74 Å². The van der Waals surface area contributed by atoms with Crippen molar-refractivity contribution in [2.75, 3.05) is 27.9 Å². The zero-order chi connectivity index (χ0) is 16.3. The Kier molecular flexibility index (Phi) is 4.99. The average molecular weight is 320 g/mol. The number of thioether (sulfide) groups is 1. The first kappa shape index (κ1) is 16.3. The summed E-state index contributed by atoms with van der Waals surface area (Å²) in [5.74, 6) is -0.724. The molecule has 0 aromatic heterocycles. The summed E-state index contributed by atoms with van der Waals surface area (Å²) in [7, 11) is 4.90. The van der Waals surface area contributed by atoms with Gasteiger partial charge in [-0.05, 0) is 49.6 Å². The van der Waals surface area contributed by atoms with Gasteiger partial charge in [0.25, 0.3) is 11.1 Å². The molecule has 22 heavy (non-hydrogen) atoms. The molecule has 0 aliphatic carbocycles. The van der Waals surface area contributed by atoms with Crippen LogP contribution in [0.5, 0.6) is 0 Å². The smallest absolute Gasteiger partial charge is 0.337 e. The predicted molar refractivity (Wildman–Crippen MR) is 84.1 cm³/mol. The summed E-state index contributed by atoms with van der Waals surface area (Å²) in [6.45, 7) is 0.253. The van der Waals surface area contributed by atoms with E-state index >= 15 is 0 Å². The van der Waals surface area contributed by atoms with Gasteiger partial charge in [-0.15, -0.1) is 0 Å². The molecule has 6 nitrogen and oxygen atoms in total. The van der Waals surface area contributed by atoms with Gasteiger partial charge in [-0.25, -0.2) is 4.79 Å². The number of carbonyl (C=O) groups excluding carboxylic acids is 3. The molecule has 1 aromatic carbocycles. The molecule has 0 radical (unpaired) electrons. The van der Waals surface area contributed by atoms with Crippen molar-refractivity contribution in [1.29, 1.82) is 0 Å². The topological polar surface area (TPSA) is 66.9 Å². The highest BCUT2D eigenvalue weighted by Gasteiger charge is 2.35. The Bertz CT molecular complexity index is 637. The minimum absolute atomic E-state index is 0.253. The molecule has 1 saturated heterocycles. The van der Waals surface area contributed by atoms with Gasteiger partial charge in [0.05, 0.1) is 24.2 Å². The first-order valence-electron chi connectivity index (χ1n) is 6.51. The predicted octanol–water partition coefficient (Wildman–Crippen LogP) is 2.03. The van der Waals surface area contributed by atoms with Crippen LogP contribution in [0.3, 0.4) is 0 Å². The van der Waals surface area contributed by atoms with Crippen LogP contribution in [0.4, 0.5) is 4.79 Å². The second kappa shape index (κ2) is 6.76. The molecular formula is C15H16N2O4S. The molecule has 0 unspecified atom stereocenters. The van der Waals surface area contributed by atoms with Crippen LogP contribution < -0.4 is 0 Å². The second-order valence-corrected chi connectivity index (χ2v) is 5.94. The normalized spacial score (nSPS) is 16.7. The molecule has 116 valence electrons. The number of rotatable bonds is 4. The summed E-state index contributed by atoms with van der Waals surface area (Å²) in [6.07, 6.45) is 1.64. The standard InChI is InChI=1S/C15H16N2O4S/c1-16(2)9-17-13(18)12(22-15(17)20)8-10-4-6-11(7-5-10)14(19)21-3/h4-8H,9H2,1-3H3. The van der Waals surface area contributed by atoms with Crippen molar-refractivity contribution in [3.63, 3.8) is 0 Å². The van der Waals surface area contributed by atoms with Gasteiger partial charge in [-0.1, -0.05) is 12.1 Å². The number of hydrogen-bond donors (Lipinski definition) is 0. The zero-order valence-corrected chi connectivity index (χ0v) is 13.3. The third-order valence-corrected chi connectivity index (χ3v) is 3.83. The van der Waals surface area contributed by atoms with Crippen molar-refractivity contribution in [3.05, 3.63) is 40.3 Å². The van der Waals surface area contributed by atoms with Gasteiger partial charge in [-0.3, -0.25) is 19.4 Å². The molecule has 0 spiro atoms. The molecule has 1 heterocycles. The van der Waals surface area contributed by atoms with E-state index in [1.54, 1.807) is 49.3 Å². The number of esters is 1. The second-order valence-electron chi connectivity index (χ2n) is 4.94. The van der Waals surface area contributed by atoms with E-state index in [9.17, 15) is 14.4 Å². The number of benzene rings is 1. The van der Waals surface area contributed by atoms with Gasteiger partial charge in [0.2, 0.25) is 0 Å². The third kappa shape index (κ3) is 3.55. The summed E-state index contributed by atoms with van der Waals surface area (Å²) < 4.78 is 4.62. The molecule has 0 saturated carbocycles. The van der Waals surface area contributed by atoms with Gasteiger partial charge in [0, 0.05) is 0 Å².